The van der Waals surface area contributed by atoms with Crippen LogP contribution in [-0.2, 0) is 6.42 Å². The van der Waals surface area contributed by atoms with Crippen LogP contribution in [0.15, 0.2) is 42.7 Å². The van der Waals surface area contributed by atoms with E-state index in [4.69, 9.17) is 5.73 Å². The molecule has 20 heavy (non-hydrogen) atoms. The zero-order valence-electron chi connectivity index (χ0n) is 11.9. The van der Waals surface area contributed by atoms with E-state index < -0.39 is 0 Å². The van der Waals surface area contributed by atoms with E-state index in [1.165, 1.54) is 30.4 Å². The van der Waals surface area contributed by atoms with E-state index >= 15 is 0 Å². The second-order valence-electron chi connectivity index (χ2n) is 5.60. The lowest BCUT2D eigenvalue weighted by atomic mass is 9.82. The number of nitrogens with zero attached hydrogens (tertiary/aromatic N) is 2. The number of anilines is 2. The van der Waals surface area contributed by atoms with Crippen molar-refractivity contribution in [1.82, 2.24) is 4.98 Å². The van der Waals surface area contributed by atoms with E-state index in [0.717, 1.165) is 17.9 Å². The third-order valence-electron chi connectivity index (χ3n) is 4.23. The minimum absolute atomic E-state index is 0.595. The molecule has 0 fully saturated rings. The molecular formula is C17H21N3. The quantitative estimate of drug-likeness (QED) is 0.928. The first-order chi connectivity index (χ1) is 9.75. The van der Waals surface area contributed by atoms with Crippen molar-refractivity contribution in [2.24, 2.45) is 0 Å². The standard InChI is InChI=1S/C17H21N3/c1-20(17-9-10-19-11-16(17)18)12-14-7-4-6-13-5-2-3-8-15(13)14/h2-3,5,8-11,14H,4,6-7,12,18H2,1H3. The number of hydrogen-bond donors (Lipinski definition) is 1. The summed E-state index contributed by atoms with van der Waals surface area (Å²) >= 11 is 0. The van der Waals surface area contributed by atoms with Crippen LogP contribution in [0.4, 0.5) is 11.4 Å². The minimum atomic E-state index is 0.595. The van der Waals surface area contributed by atoms with Crippen molar-refractivity contribution < 1.29 is 0 Å². The van der Waals surface area contributed by atoms with Crippen molar-refractivity contribution >= 4 is 11.4 Å². The molecule has 0 spiro atoms. The molecular weight excluding hydrogens is 246 g/mol. The van der Waals surface area contributed by atoms with Gasteiger partial charge in [-0.15, -0.1) is 0 Å². The predicted octanol–water partition coefficient (Wildman–Crippen LogP) is 3.22. The normalized spacial score (nSPS) is 17.6. The molecule has 3 heteroatoms. The van der Waals surface area contributed by atoms with Gasteiger partial charge in [0.1, 0.15) is 0 Å². The van der Waals surface area contributed by atoms with Crippen LogP contribution in [0.3, 0.4) is 0 Å². The summed E-state index contributed by atoms with van der Waals surface area (Å²) < 4.78 is 0. The molecule has 1 aromatic carbocycles. The van der Waals surface area contributed by atoms with Gasteiger partial charge in [0, 0.05) is 25.7 Å². The summed E-state index contributed by atoms with van der Waals surface area (Å²) in [5.74, 6) is 0.595. The number of likely N-dealkylation sites (N-methyl/N-ethyl adjacent to an activating group) is 1. The maximum absolute atomic E-state index is 6.02. The average molecular weight is 267 g/mol. The number of fused-ring (bicyclic) bond motifs is 1. The van der Waals surface area contributed by atoms with Crippen LogP contribution in [0, 0.1) is 0 Å². The third-order valence-corrected chi connectivity index (χ3v) is 4.23. The fraction of sp³-hybridized carbons (Fsp3) is 0.353. The van der Waals surface area contributed by atoms with E-state index in [2.05, 4.69) is 41.2 Å². The summed E-state index contributed by atoms with van der Waals surface area (Å²) in [4.78, 5) is 6.31. The Labute approximate surface area is 120 Å². The molecule has 0 aliphatic heterocycles. The van der Waals surface area contributed by atoms with E-state index in [9.17, 15) is 0 Å². The van der Waals surface area contributed by atoms with Crippen molar-refractivity contribution in [3.8, 4) is 0 Å². The van der Waals surface area contributed by atoms with Crippen LogP contribution in [0.1, 0.15) is 29.9 Å². The molecule has 3 rings (SSSR count). The van der Waals surface area contributed by atoms with Crippen LogP contribution >= 0.6 is 0 Å². The van der Waals surface area contributed by atoms with Crippen LogP contribution < -0.4 is 10.6 Å². The highest BCUT2D eigenvalue weighted by molar-refractivity contribution is 5.65. The number of nitrogens with two attached hydrogens (primary N) is 1. The lowest BCUT2D eigenvalue weighted by Gasteiger charge is -2.31. The molecule has 3 nitrogen and oxygen atoms in total. The van der Waals surface area contributed by atoms with Gasteiger partial charge in [-0.1, -0.05) is 24.3 Å². The first-order valence-corrected chi connectivity index (χ1v) is 7.24. The van der Waals surface area contributed by atoms with E-state index in [1.807, 2.05) is 6.07 Å². The highest BCUT2D eigenvalue weighted by atomic mass is 15.1. The molecule has 1 aliphatic rings. The summed E-state index contributed by atoms with van der Waals surface area (Å²) in [6, 6.07) is 10.8. The van der Waals surface area contributed by atoms with Gasteiger partial charge in [-0.3, -0.25) is 4.98 Å². The molecule has 1 aliphatic carbocycles. The Bertz CT molecular complexity index is 594. The Kier molecular flexibility index (Phi) is 3.59. The molecule has 0 saturated heterocycles. The second kappa shape index (κ2) is 5.53. The van der Waals surface area contributed by atoms with Crippen molar-refractivity contribution in [3.63, 3.8) is 0 Å². The van der Waals surface area contributed by atoms with Gasteiger partial charge in [-0.25, -0.2) is 0 Å². The van der Waals surface area contributed by atoms with Gasteiger partial charge in [0.05, 0.1) is 17.6 Å². The maximum atomic E-state index is 6.02. The zero-order chi connectivity index (χ0) is 13.9. The molecule has 0 amide bonds. The molecule has 0 saturated carbocycles. The Balaban J connectivity index is 1.81. The lowest BCUT2D eigenvalue weighted by molar-refractivity contribution is 0.551. The number of aryl methyl sites for hydroxylation is 1. The van der Waals surface area contributed by atoms with Gasteiger partial charge < -0.3 is 10.6 Å². The van der Waals surface area contributed by atoms with Crippen LogP contribution in [0.25, 0.3) is 0 Å². The Morgan fingerprint density at radius 1 is 1.30 bits per heavy atom. The fourth-order valence-electron chi connectivity index (χ4n) is 3.22. The number of benzene rings is 1. The van der Waals surface area contributed by atoms with Gasteiger partial charge >= 0.3 is 0 Å². The molecule has 1 heterocycles. The number of aromatic nitrogens is 1. The Morgan fingerprint density at radius 2 is 2.15 bits per heavy atom. The Morgan fingerprint density at radius 3 is 3.00 bits per heavy atom. The summed E-state index contributed by atoms with van der Waals surface area (Å²) in [7, 11) is 2.11. The van der Waals surface area contributed by atoms with Gasteiger partial charge in [0.15, 0.2) is 0 Å². The molecule has 2 N–H and O–H groups in total. The average Bonchev–Trinajstić information content (AvgIpc) is 2.48. The molecule has 1 aromatic heterocycles. The van der Waals surface area contributed by atoms with Gasteiger partial charge in [0.25, 0.3) is 0 Å². The molecule has 1 unspecified atom stereocenters. The second-order valence-corrected chi connectivity index (χ2v) is 5.60. The first-order valence-electron chi connectivity index (χ1n) is 7.24. The van der Waals surface area contributed by atoms with Crippen LogP contribution in [0.5, 0.6) is 0 Å². The highest BCUT2D eigenvalue weighted by Gasteiger charge is 2.21. The Hall–Kier alpha value is -2.03. The number of hydrogen-bond acceptors (Lipinski definition) is 3. The van der Waals surface area contributed by atoms with Gasteiger partial charge in [-0.05, 0) is 36.5 Å². The summed E-state index contributed by atoms with van der Waals surface area (Å²) in [6.07, 6.45) is 7.28. The lowest BCUT2D eigenvalue weighted by Crippen LogP contribution is -2.27. The number of pyridine rings is 1. The largest absolute Gasteiger partial charge is 0.396 e. The minimum Gasteiger partial charge on any atom is -0.396 e. The number of rotatable bonds is 3. The molecule has 2 aromatic rings. The van der Waals surface area contributed by atoms with E-state index in [0.29, 0.717) is 5.92 Å². The SMILES string of the molecule is CN(CC1CCCc2ccccc21)c1ccncc1N. The van der Waals surface area contributed by atoms with Gasteiger partial charge in [-0.2, -0.15) is 0 Å². The van der Waals surface area contributed by atoms with Crippen molar-refractivity contribution in [3.05, 3.63) is 53.9 Å². The first kappa shape index (κ1) is 13.0. The van der Waals surface area contributed by atoms with E-state index in [1.54, 1.807) is 12.4 Å². The summed E-state index contributed by atoms with van der Waals surface area (Å²) in [5, 5.41) is 0. The van der Waals surface area contributed by atoms with Gasteiger partial charge in [0.2, 0.25) is 0 Å². The fourth-order valence-corrected chi connectivity index (χ4v) is 3.22. The zero-order valence-corrected chi connectivity index (χ0v) is 11.9. The highest BCUT2D eigenvalue weighted by Crippen LogP contribution is 2.33. The van der Waals surface area contributed by atoms with Crippen LogP contribution in [-0.4, -0.2) is 18.6 Å². The monoisotopic (exact) mass is 267 g/mol. The molecule has 0 radical (unpaired) electrons. The molecule has 104 valence electrons. The molecule has 0 bridgehead atoms. The van der Waals surface area contributed by atoms with E-state index in [-0.39, 0.29) is 0 Å². The maximum Gasteiger partial charge on any atom is 0.0738 e. The van der Waals surface area contributed by atoms with Crippen molar-refractivity contribution in [2.45, 2.75) is 25.2 Å². The smallest absolute Gasteiger partial charge is 0.0738 e. The van der Waals surface area contributed by atoms with Crippen LogP contribution in [0.2, 0.25) is 0 Å². The number of nitrogen functional groups attached to an aromatic ring is 1. The third kappa shape index (κ3) is 2.48. The summed E-state index contributed by atoms with van der Waals surface area (Å²) in [5.41, 5.74) is 10.9. The summed E-state index contributed by atoms with van der Waals surface area (Å²) in [6.45, 7) is 1.01. The van der Waals surface area contributed by atoms with Crippen molar-refractivity contribution in [2.75, 3.05) is 24.2 Å². The predicted molar refractivity (Wildman–Crippen MR) is 84.0 cm³/mol. The molecule has 1 atom stereocenters. The van der Waals surface area contributed by atoms with Crippen molar-refractivity contribution in [1.29, 1.82) is 0 Å². The topological polar surface area (TPSA) is 42.2 Å².